The molecule has 19 heavy (non-hydrogen) atoms. The van der Waals surface area contributed by atoms with E-state index in [4.69, 9.17) is 16.3 Å². The van der Waals surface area contributed by atoms with Crippen LogP contribution in [0.4, 0.5) is 0 Å². The van der Waals surface area contributed by atoms with Crippen molar-refractivity contribution in [1.82, 2.24) is 10.6 Å². The van der Waals surface area contributed by atoms with Crippen molar-refractivity contribution in [1.29, 1.82) is 0 Å². The number of carbonyl (C=O) groups is 1. The van der Waals surface area contributed by atoms with Gasteiger partial charge in [-0.2, -0.15) is 0 Å². The van der Waals surface area contributed by atoms with Gasteiger partial charge in [0.15, 0.2) is 0 Å². The van der Waals surface area contributed by atoms with E-state index in [1.807, 2.05) is 0 Å². The molecule has 0 radical (unpaired) electrons. The summed E-state index contributed by atoms with van der Waals surface area (Å²) in [6, 6.07) is 5.70. The van der Waals surface area contributed by atoms with E-state index in [2.05, 4.69) is 17.6 Å². The standard InChI is InChI=1S/C14H19ClN2O2/c1-9-7-11(5-6-16-9)17-14(18)12-4-3-10(15)8-13(12)19-2/h3-4,8-9,11,16H,5-7H2,1-2H3,(H,17,18). The Balaban J connectivity index is 2.07. The lowest BCUT2D eigenvalue weighted by Gasteiger charge is -2.28. The van der Waals surface area contributed by atoms with Gasteiger partial charge in [-0.3, -0.25) is 4.79 Å². The number of hydrogen-bond acceptors (Lipinski definition) is 3. The molecule has 0 aliphatic carbocycles. The molecular formula is C14H19ClN2O2. The molecule has 2 atom stereocenters. The lowest BCUT2D eigenvalue weighted by atomic mass is 10.00. The van der Waals surface area contributed by atoms with Gasteiger partial charge < -0.3 is 15.4 Å². The monoisotopic (exact) mass is 282 g/mol. The third kappa shape index (κ3) is 3.61. The minimum atomic E-state index is -0.104. The van der Waals surface area contributed by atoms with Crippen molar-refractivity contribution in [3.63, 3.8) is 0 Å². The van der Waals surface area contributed by atoms with Crippen molar-refractivity contribution in [2.24, 2.45) is 0 Å². The van der Waals surface area contributed by atoms with E-state index >= 15 is 0 Å². The van der Waals surface area contributed by atoms with Crippen LogP contribution in [-0.4, -0.2) is 31.6 Å². The Morgan fingerprint density at radius 2 is 2.32 bits per heavy atom. The van der Waals surface area contributed by atoms with Gasteiger partial charge in [-0.25, -0.2) is 0 Å². The molecule has 1 aromatic rings. The Kier molecular flexibility index (Phi) is 4.66. The average molecular weight is 283 g/mol. The lowest BCUT2D eigenvalue weighted by molar-refractivity contribution is 0.0922. The van der Waals surface area contributed by atoms with Crippen molar-refractivity contribution in [2.45, 2.75) is 31.8 Å². The zero-order valence-electron chi connectivity index (χ0n) is 11.2. The number of rotatable bonds is 3. The predicted molar refractivity (Wildman–Crippen MR) is 76.0 cm³/mol. The third-order valence-electron chi connectivity index (χ3n) is 3.37. The number of benzene rings is 1. The molecule has 0 spiro atoms. The van der Waals surface area contributed by atoms with Crippen molar-refractivity contribution >= 4 is 17.5 Å². The minimum Gasteiger partial charge on any atom is -0.496 e. The first-order valence-electron chi connectivity index (χ1n) is 6.48. The van der Waals surface area contributed by atoms with E-state index in [-0.39, 0.29) is 11.9 Å². The highest BCUT2D eigenvalue weighted by molar-refractivity contribution is 6.30. The molecular weight excluding hydrogens is 264 g/mol. The van der Waals surface area contributed by atoms with Gasteiger partial charge in [-0.1, -0.05) is 11.6 Å². The smallest absolute Gasteiger partial charge is 0.255 e. The van der Waals surface area contributed by atoms with Gasteiger partial charge in [0.05, 0.1) is 12.7 Å². The van der Waals surface area contributed by atoms with Crippen LogP contribution < -0.4 is 15.4 Å². The number of amides is 1. The van der Waals surface area contributed by atoms with Crippen molar-refractivity contribution in [3.8, 4) is 5.75 Å². The van der Waals surface area contributed by atoms with E-state index in [1.54, 1.807) is 18.2 Å². The van der Waals surface area contributed by atoms with Crippen LogP contribution in [0.1, 0.15) is 30.1 Å². The largest absolute Gasteiger partial charge is 0.496 e. The number of piperidine rings is 1. The molecule has 1 aromatic carbocycles. The Labute approximate surface area is 118 Å². The normalized spacial score (nSPS) is 22.9. The van der Waals surface area contributed by atoms with Gasteiger partial charge in [0, 0.05) is 17.1 Å². The highest BCUT2D eigenvalue weighted by Gasteiger charge is 2.21. The van der Waals surface area contributed by atoms with E-state index in [0.29, 0.717) is 22.4 Å². The molecule has 1 heterocycles. The summed E-state index contributed by atoms with van der Waals surface area (Å²) in [6.07, 6.45) is 1.90. The van der Waals surface area contributed by atoms with Gasteiger partial charge in [-0.05, 0) is 44.5 Å². The zero-order chi connectivity index (χ0) is 13.8. The Morgan fingerprint density at radius 3 is 3.00 bits per heavy atom. The lowest BCUT2D eigenvalue weighted by Crippen LogP contribution is -2.46. The van der Waals surface area contributed by atoms with Crippen LogP contribution in [0, 0.1) is 0 Å². The summed E-state index contributed by atoms with van der Waals surface area (Å²) < 4.78 is 5.20. The fraction of sp³-hybridized carbons (Fsp3) is 0.500. The fourth-order valence-electron chi connectivity index (χ4n) is 2.38. The maximum absolute atomic E-state index is 12.3. The topological polar surface area (TPSA) is 50.4 Å². The van der Waals surface area contributed by atoms with Crippen LogP contribution in [0.5, 0.6) is 5.75 Å². The quantitative estimate of drug-likeness (QED) is 0.894. The summed E-state index contributed by atoms with van der Waals surface area (Å²) in [5, 5.41) is 6.98. The zero-order valence-corrected chi connectivity index (χ0v) is 12.0. The molecule has 2 N–H and O–H groups in total. The molecule has 2 unspecified atom stereocenters. The van der Waals surface area contributed by atoms with E-state index in [0.717, 1.165) is 19.4 Å². The second-order valence-electron chi connectivity index (χ2n) is 4.89. The molecule has 104 valence electrons. The summed E-state index contributed by atoms with van der Waals surface area (Å²) in [5.41, 5.74) is 0.526. The molecule has 1 fully saturated rings. The van der Waals surface area contributed by atoms with Crippen LogP contribution in [-0.2, 0) is 0 Å². The number of carbonyl (C=O) groups excluding carboxylic acids is 1. The fourth-order valence-corrected chi connectivity index (χ4v) is 2.54. The number of nitrogens with one attached hydrogen (secondary N) is 2. The molecule has 0 saturated carbocycles. The number of hydrogen-bond donors (Lipinski definition) is 2. The number of methoxy groups -OCH3 is 1. The van der Waals surface area contributed by atoms with E-state index in [9.17, 15) is 4.79 Å². The molecule has 1 aliphatic rings. The molecule has 0 aromatic heterocycles. The first kappa shape index (κ1) is 14.2. The van der Waals surface area contributed by atoms with Crippen LogP contribution in [0.15, 0.2) is 18.2 Å². The molecule has 4 nitrogen and oxygen atoms in total. The molecule has 0 bridgehead atoms. The second kappa shape index (κ2) is 6.26. The molecule has 2 rings (SSSR count). The van der Waals surface area contributed by atoms with E-state index < -0.39 is 0 Å². The van der Waals surface area contributed by atoms with Gasteiger partial charge in [0.2, 0.25) is 0 Å². The first-order valence-corrected chi connectivity index (χ1v) is 6.85. The summed E-state index contributed by atoms with van der Waals surface area (Å²) in [6.45, 7) is 3.06. The molecule has 5 heteroatoms. The number of halogens is 1. The summed E-state index contributed by atoms with van der Waals surface area (Å²) in [7, 11) is 1.54. The summed E-state index contributed by atoms with van der Waals surface area (Å²) in [4.78, 5) is 12.3. The van der Waals surface area contributed by atoms with Crippen LogP contribution in [0.25, 0.3) is 0 Å². The van der Waals surface area contributed by atoms with Gasteiger partial charge in [-0.15, -0.1) is 0 Å². The second-order valence-corrected chi connectivity index (χ2v) is 5.33. The average Bonchev–Trinajstić information content (AvgIpc) is 2.38. The minimum absolute atomic E-state index is 0.104. The van der Waals surface area contributed by atoms with Gasteiger partial charge in [0.25, 0.3) is 5.91 Å². The van der Waals surface area contributed by atoms with Gasteiger partial charge >= 0.3 is 0 Å². The number of ether oxygens (including phenoxy) is 1. The van der Waals surface area contributed by atoms with Gasteiger partial charge in [0.1, 0.15) is 5.75 Å². The van der Waals surface area contributed by atoms with Crippen molar-refractivity contribution < 1.29 is 9.53 Å². The highest BCUT2D eigenvalue weighted by Crippen LogP contribution is 2.23. The van der Waals surface area contributed by atoms with E-state index in [1.165, 1.54) is 7.11 Å². The van der Waals surface area contributed by atoms with Crippen LogP contribution in [0.3, 0.4) is 0 Å². The molecule has 1 amide bonds. The summed E-state index contributed by atoms with van der Waals surface area (Å²) >= 11 is 5.89. The SMILES string of the molecule is COc1cc(Cl)ccc1C(=O)NC1CCNC(C)C1. The maximum atomic E-state index is 12.3. The first-order chi connectivity index (χ1) is 9.10. The van der Waals surface area contributed by atoms with Crippen LogP contribution >= 0.6 is 11.6 Å². The predicted octanol–water partition coefficient (Wildman–Crippen LogP) is 2.22. The maximum Gasteiger partial charge on any atom is 0.255 e. The van der Waals surface area contributed by atoms with Crippen LogP contribution in [0.2, 0.25) is 5.02 Å². The summed E-state index contributed by atoms with van der Waals surface area (Å²) in [5.74, 6) is 0.402. The third-order valence-corrected chi connectivity index (χ3v) is 3.60. The van der Waals surface area contributed by atoms with Crippen molar-refractivity contribution in [2.75, 3.05) is 13.7 Å². The Hall–Kier alpha value is -1.26. The Bertz CT molecular complexity index is 465. The Morgan fingerprint density at radius 1 is 1.53 bits per heavy atom. The van der Waals surface area contributed by atoms with Crippen molar-refractivity contribution in [3.05, 3.63) is 28.8 Å². The molecule has 1 aliphatic heterocycles. The highest BCUT2D eigenvalue weighted by atomic mass is 35.5. The molecule has 1 saturated heterocycles.